The number of nitriles is 1. The van der Waals surface area contributed by atoms with Crippen molar-refractivity contribution in [3.8, 4) is 28.0 Å². The Kier molecular flexibility index (Phi) is 6.00. The van der Waals surface area contributed by atoms with Gasteiger partial charge in [-0.3, -0.25) is 9.88 Å². The van der Waals surface area contributed by atoms with E-state index in [1.165, 1.54) is 0 Å². The first-order chi connectivity index (χ1) is 17.6. The second-order valence-electron chi connectivity index (χ2n) is 9.43. The van der Waals surface area contributed by atoms with Crippen molar-refractivity contribution in [3.05, 3.63) is 42.2 Å². The Labute approximate surface area is 213 Å². The van der Waals surface area contributed by atoms with Crippen LogP contribution < -0.4 is 10.2 Å². The summed E-state index contributed by atoms with van der Waals surface area (Å²) in [6, 6.07) is 10.6. The Bertz CT molecular complexity index is 1440. The highest BCUT2D eigenvalue weighted by molar-refractivity contribution is 7.18. The summed E-state index contributed by atoms with van der Waals surface area (Å²) in [5, 5.41) is 28.0. The van der Waals surface area contributed by atoms with Crippen LogP contribution in [0.25, 0.3) is 27.5 Å². The van der Waals surface area contributed by atoms with Gasteiger partial charge in [0.1, 0.15) is 6.07 Å². The summed E-state index contributed by atoms with van der Waals surface area (Å²) in [5.41, 5.74) is 4.91. The lowest BCUT2D eigenvalue weighted by molar-refractivity contribution is -0.0117. The van der Waals surface area contributed by atoms with Crippen molar-refractivity contribution in [2.45, 2.75) is 25.9 Å². The zero-order valence-electron chi connectivity index (χ0n) is 20.3. The summed E-state index contributed by atoms with van der Waals surface area (Å²) < 4.78 is 7.50. The van der Waals surface area contributed by atoms with Crippen LogP contribution in [0.2, 0.25) is 0 Å². The van der Waals surface area contributed by atoms with Gasteiger partial charge in [0.25, 0.3) is 0 Å². The summed E-state index contributed by atoms with van der Waals surface area (Å²) >= 11 is 1.60. The molecule has 0 radical (unpaired) electrons. The van der Waals surface area contributed by atoms with Crippen LogP contribution in [0.5, 0.6) is 0 Å². The molecule has 6 heterocycles. The van der Waals surface area contributed by atoms with Gasteiger partial charge in [0.05, 0.1) is 53.5 Å². The van der Waals surface area contributed by atoms with Crippen LogP contribution in [0.1, 0.15) is 19.4 Å². The van der Waals surface area contributed by atoms with Gasteiger partial charge < -0.3 is 15.0 Å². The lowest BCUT2D eigenvalue weighted by atomic mass is 10.1. The van der Waals surface area contributed by atoms with Gasteiger partial charge >= 0.3 is 0 Å². The van der Waals surface area contributed by atoms with Gasteiger partial charge in [0.15, 0.2) is 5.01 Å². The van der Waals surface area contributed by atoms with Crippen LogP contribution in [0.15, 0.2) is 36.7 Å². The molecule has 184 valence electrons. The number of nitrogens with zero attached hydrogens (tertiary/aromatic N) is 8. The molecule has 0 unspecified atom stereocenters. The number of ether oxygens (including phenoxy) is 1. The molecule has 1 N–H and O–H groups in total. The molecule has 0 amide bonds. The quantitative estimate of drug-likeness (QED) is 0.441. The number of hydrogen-bond acceptors (Lipinski definition) is 10. The maximum absolute atomic E-state index is 9.18. The van der Waals surface area contributed by atoms with E-state index in [0.717, 1.165) is 77.7 Å². The van der Waals surface area contributed by atoms with E-state index >= 15 is 0 Å². The maximum Gasteiger partial charge on any atom is 0.208 e. The average Bonchev–Trinajstić information content (AvgIpc) is 3.55. The number of morpholine rings is 1. The number of fused-ring (bicyclic) bond motifs is 2. The standard InChI is InChI=1S/C25H27N9OS/c1-16(2)29-21-10-22(23-4-3-18-9-17(11-26)12-28-34(18)23)27-13-20(21)24-30-31-25(36-24)33-6-5-32-7-8-35-15-19(32)14-33/h3-4,9-10,12-13,16,19H,5-8,14-15H2,1-2H3,(H,27,29)/t19-/m0/s1. The van der Waals surface area contributed by atoms with E-state index in [2.05, 4.69) is 50.3 Å². The fourth-order valence-electron chi connectivity index (χ4n) is 4.82. The monoisotopic (exact) mass is 501 g/mol. The van der Waals surface area contributed by atoms with E-state index in [-0.39, 0.29) is 6.04 Å². The minimum atomic E-state index is 0.228. The summed E-state index contributed by atoms with van der Waals surface area (Å²) in [5.74, 6) is 0. The molecule has 0 aromatic carbocycles. The maximum atomic E-state index is 9.18. The minimum Gasteiger partial charge on any atom is -0.382 e. The fraction of sp³-hybridized carbons (Fsp3) is 0.400. The van der Waals surface area contributed by atoms with Crippen molar-refractivity contribution >= 4 is 27.7 Å². The zero-order valence-corrected chi connectivity index (χ0v) is 21.1. The lowest BCUT2D eigenvalue weighted by Gasteiger charge is -2.43. The molecule has 1 atom stereocenters. The molecule has 11 heteroatoms. The van der Waals surface area contributed by atoms with Gasteiger partial charge in [-0.25, -0.2) is 4.52 Å². The van der Waals surface area contributed by atoms with Gasteiger partial charge in [0.2, 0.25) is 5.13 Å². The van der Waals surface area contributed by atoms with Crippen LogP contribution in [0.3, 0.4) is 0 Å². The Morgan fingerprint density at radius 3 is 2.94 bits per heavy atom. The molecule has 10 nitrogen and oxygen atoms in total. The molecule has 2 saturated heterocycles. The van der Waals surface area contributed by atoms with Crippen LogP contribution >= 0.6 is 11.3 Å². The Morgan fingerprint density at radius 2 is 2.08 bits per heavy atom. The van der Waals surface area contributed by atoms with Gasteiger partial charge in [-0.15, -0.1) is 10.2 Å². The second-order valence-corrected chi connectivity index (χ2v) is 10.4. The Morgan fingerprint density at radius 1 is 1.17 bits per heavy atom. The van der Waals surface area contributed by atoms with E-state index in [0.29, 0.717) is 11.6 Å². The molecule has 36 heavy (non-hydrogen) atoms. The molecule has 0 spiro atoms. The highest BCUT2D eigenvalue weighted by Gasteiger charge is 2.31. The number of aromatic nitrogens is 5. The van der Waals surface area contributed by atoms with Crippen LogP contribution in [-0.4, -0.2) is 81.2 Å². The van der Waals surface area contributed by atoms with E-state index in [4.69, 9.17) is 9.72 Å². The Hall–Kier alpha value is -3.59. The number of anilines is 2. The number of piperazine rings is 1. The molecule has 4 aromatic heterocycles. The largest absolute Gasteiger partial charge is 0.382 e. The van der Waals surface area contributed by atoms with E-state index in [9.17, 15) is 5.26 Å². The highest BCUT2D eigenvalue weighted by Crippen LogP contribution is 2.36. The fourth-order valence-corrected chi connectivity index (χ4v) is 5.73. The predicted molar refractivity (Wildman–Crippen MR) is 139 cm³/mol. The molecule has 6 rings (SSSR count). The zero-order chi connectivity index (χ0) is 24.6. The van der Waals surface area contributed by atoms with Gasteiger partial charge in [-0.2, -0.15) is 10.4 Å². The third kappa shape index (κ3) is 4.28. The van der Waals surface area contributed by atoms with Gasteiger partial charge in [-0.05, 0) is 38.1 Å². The van der Waals surface area contributed by atoms with Crippen LogP contribution in [-0.2, 0) is 4.74 Å². The normalized spacial score (nSPS) is 18.4. The van der Waals surface area contributed by atoms with Gasteiger partial charge in [-0.1, -0.05) is 11.3 Å². The van der Waals surface area contributed by atoms with Gasteiger partial charge in [0, 0.05) is 44.1 Å². The molecule has 0 bridgehead atoms. The van der Waals surface area contributed by atoms with Crippen molar-refractivity contribution < 1.29 is 4.74 Å². The summed E-state index contributed by atoms with van der Waals surface area (Å²) in [6.45, 7) is 9.70. The van der Waals surface area contributed by atoms with E-state index < -0.39 is 0 Å². The first-order valence-electron chi connectivity index (χ1n) is 12.1. The molecule has 2 aliphatic heterocycles. The third-order valence-corrected chi connectivity index (χ3v) is 7.61. The van der Waals surface area contributed by atoms with E-state index in [1.54, 1.807) is 22.0 Å². The minimum absolute atomic E-state index is 0.228. The SMILES string of the molecule is CC(C)Nc1cc(-c2ccc3cc(C#N)cnn23)ncc1-c1nnc(N2CCN3CCOC[C@@H]3C2)s1. The molecule has 0 saturated carbocycles. The van der Waals surface area contributed by atoms with Crippen molar-refractivity contribution in [2.75, 3.05) is 49.6 Å². The summed E-state index contributed by atoms with van der Waals surface area (Å²) in [6.07, 6.45) is 3.43. The lowest BCUT2D eigenvalue weighted by Crippen LogP contribution is -2.58. The number of hydrogen-bond donors (Lipinski definition) is 1. The molecule has 0 aliphatic carbocycles. The smallest absolute Gasteiger partial charge is 0.208 e. The second kappa shape index (κ2) is 9.46. The number of nitrogens with one attached hydrogen (secondary N) is 1. The summed E-state index contributed by atoms with van der Waals surface area (Å²) in [7, 11) is 0. The van der Waals surface area contributed by atoms with Crippen molar-refractivity contribution in [2.24, 2.45) is 0 Å². The molecular weight excluding hydrogens is 474 g/mol. The first-order valence-corrected chi connectivity index (χ1v) is 13.0. The topological polar surface area (TPSA) is 108 Å². The van der Waals surface area contributed by atoms with Crippen LogP contribution in [0, 0.1) is 11.3 Å². The number of rotatable bonds is 5. The van der Waals surface area contributed by atoms with Crippen LogP contribution in [0.4, 0.5) is 10.8 Å². The summed E-state index contributed by atoms with van der Waals surface area (Å²) in [4.78, 5) is 9.60. The first kappa shape index (κ1) is 22.8. The van der Waals surface area contributed by atoms with E-state index in [1.807, 2.05) is 30.5 Å². The Balaban J connectivity index is 1.31. The number of pyridine rings is 1. The molecule has 2 aliphatic rings. The molecule has 2 fully saturated rings. The molecule has 4 aromatic rings. The van der Waals surface area contributed by atoms with Crippen molar-refractivity contribution in [3.63, 3.8) is 0 Å². The highest BCUT2D eigenvalue weighted by atomic mass is 32.1. The average molecular weight is 502 g/mol. The van der Waals surface area contributed by atoms with Crippen molar-refractivity contribution in [1.82, 2.24) is 29.7 Å². The third-order valence-electron chi connectivity index (χ3n) is 6.59. The molecular formula is C25H27N9OS. The predicted octanol–water partition coefficient (Wildman–Crippen LogP) is 3.13. The van der Waals surface area contributed by atoms with Crippen molar-refractivity contribution in [1.29, 1.82) is 5.26 Å².